The van der Waals surface area contributed by atoms with E-state index in [1.54, 1.807) is 18.2 Å². The first-order chi connectivity index (χ1) is 12.5. The molecule has 26 heavy (non-hydrogen) atoms. The van der Waals surface area contributed by atoms with Gasteiger partial charge in [-0.2, -0.15) is 0 Å². The molecule has 134 valence electrons. The molecule has 0 bridgehead atoms. The predicted octanol–water partition coefficient (Wildman–Crippen LogP) is 4.40. The molecule has 0 saturated carbocycles. The van der Waals surface area contributed by atoms with Crippen LogP contribution in [-0.4, -0.2) is 22.4 Å². The number of nitrogens with zero attached hydrogens (tertiary/aromatic N) is 1. The molecule has 0 spiro atoms. The topological polar surface area (TPSA) is 57.8 Å². The molecule has 3 aromatic rings. The highest BCUT2D eigenvalue weighted by molar-refractivity contribution is 6.23. The Morgan fingerprint density at radius 1 is 1.19 bits per heavy atom. The normalized spacial score (nSPS) is 11.9. The van der Waals surface area contributed by atoms with Crippen LogP contribution in [0.4, 0.5) is 4.39 Å². The fourth-order valence-corrected chi connectivity index (χ4v) is 2.64. The lowest BCUT2D eigenvalue weighted by atomic mass is 10.1. The van der Waals surface area contributed by atoms with Gasteiger partial charge in [0, 0.05) is 12.1 Å². The van der Waals surface area contributed by atoms with E-state index in [1.165, 1.54) is 12.1 Å². The van der Waals surface area contributed by atoms with Crippen LogP contribution in [0, 0.1) is 11.7 Å². The number of aromatic nitrogens is 2. The predicted molar refractivity (Wildman–Crippen MR) is 103 cm³/mol. The highest BCUT2D eigenvalue weighted by atomic mass is 19.1. The number of fused-ring (bicyclic) bond motifs is 1. The van der Waals surface area contributed by atoms with Gasteiger partial charge in [-0.15, -0.1) is 0 Å². The smallest absolute Gasteiger partial charge is 0.255 e. The van der Waals surface area contributed by atoms with E-state index in [9.17, 15) is 9.18 Å². The number of amides is 1. The minimum Gasteiger partial charge on any atom is -0.352 e. The summed E-state index contributed by atoms with van der Waals surface area (Å²) in [6, 6.07) is 13.9. The summed E-state index contributed by atoms with van der Waals surface area (Å²) in [5.74, 6) is 0.265. The number of nitrogens with one attached hydrogen (secondary N) is 2. The van der Waals surface area contributed by atoms with Crippen LogP contribution in [0.2, 0.25) is 0 Å². The van der Waals surface area contributed by atoms with Crippen LogP contribution in [0.5, 0.6) is 0 Å². The minimum absolute atomic E-state index is 0.270. The maximum Gasteiger partial charge on any atom is 0.255 e. The molecule has 0 aliphatic rings. The number of rotatable bonds is 6. The van der Waals surface area contributed by atoms with Crippen LogP contribution in [0.15, 0.2) is 48.5 Å². The van der Waals surface area contributed by atoms with Gasteiger partial charge >= 0.3 is 0 Å². The van der Waals surface area contributed by atoms with Gasteiger partial charge in [0.2, 0.25) is 0 Å². The lowest BCUT2D eigenvalue weighted by Gasteiger charge is -2.09. The number of aromatic amines is 1. The molecule has 2 N–H and O–H groups in total. The number of benzene rings is 2. The molecule has 0 unspecified atom stereocenters. The zero-order valence-corrected chi connectivity index (χ0v) is 14.9. The highest BCUT2D eigenvalue weighted by Crippen LogP contribution is 2.21. The Morgan fingerprint density at radius 3 is 2.65 bits per heavy atom. The Morgan fingerprint density at radius 2 is 1.92 bits per heavy atom. The quantitative estimate of drug-likeness (QED) is 0.647. The van der Waals surface area contributed by atoms with E-state index in [-0.39, 0.29) is 11.7 Å². The molecular weight excluding hydrogens is 329 g/mol. The Kier molecular flexibility index (Phi) is 5.46. The number of carbonyl (C=O) groups excluding carboxylic acids is 1. The Hall–Kier alpha value is -2.95. The SMILES string of the molecule is CC(C)CCNC(=O)C(=Cc1ccccc1F)c1nc2ccccc2[nH]1. The zero-order valence-electron chi connectivity index (χ0n) is 14.9. The second-order valence-corrected chi connectivity index (χ2v) is 6.62. The van der Waals surface area contributed by atoms with E-state index in [1.807, 2.05) is 24.3 Å². The van der Waals surface area contributed by atoms with Gasteiger partial charge in [-0.05, 0) is 36.6 Å². The van der Waals surface area contributed by atoms with Crippen LogP contribution in [0.25, 0.3) is 22.7 Å². The molecule has 0 aliphatic carbocycles. The van der Waals surface area contributed by atoms with Crippen molar-refractivity contribution in [3.05, 3.63) is 65.7 Å². The summed E-state index contributed by atoms with van der Waals surface area (Å²) in [5, 5.41) is 2.91. The maximum absolute atomic E-state index is 14.1. The van der Waals surface area contributed by atoms with Crippen molar-refractivity contribution in [3.8, 4) is 0 Å². The molecule has 1 heterocycles. The molecule has 2 aromatic carbocycles. The first kappa shape index (κ1) is 17.9. The third-order valence-electron chi connectivity index (χ3n) is 4.10. The molecule has 0 atom stereocenters. The Bertz CT molecular complexity index is 910. The van der Waals surface area contributed by atoms with Crippen molar-refractivity contribution in [2.45, 2.75) is 20.3 Å². The summed E-state index contributed by atoms with van der Waals surface area (Å²) in [6.45, 7) is 4.76. The average molecular weight is 351 g/mol. The monoisotopic (exact) mass is 351 g/mol. The van der Waals surface area contributed by atoms with Gasteiger partial charge in [0.05, 0.1) is 16.6 Å². The second-order valence-electron chi connectivity index (χ2n) is 6.62. The summed E-state index contributed by atoms with van der Waals surface area (Å²) >= 11 is 0. The molecule has 0 saturated heterocycles. The van der Waals surface area contributed by atoms with Crippen molar-refractivity contribution in [1.82, 2.24) is 15.3 Å². The summed E-state index contributed by atoms with van der Waals surface area (Å²) in [4.78, 5) is 20.4. The number of hydrogen-bond donors (Lipinski definition) is 2. The van der Waals surface area contributed by atoms with Crippen LogP contribution >= 0.6 is 0 Å². The van der Waals surface area contributed by atoms with Gasteiger partial charge in [0.15, 0.2) is 0 Å². The summed E-state index contributed by atoms with van der Waals surface area (Å²) in [5.41, 5.74) is 2.26. The number of H-pyrrole nitrogens is 1. The molecule has 0 radical (unpaired) electrons. The lowest BCUT2D eigenvalue weighted by Crippen LogP contribution is -2.26. The first-order valence-electron chi connectivity index (χ1n) is 8.74. The highest BCUT2D eigenvalue weighted by Gasteiger charge is 2.17. The molecule has 0 aliphatic heterocycles. The molecule has 0 fully saturated rings. The number of carbonyl (C=O) groups is 1. The zero-order chi connectivity index (χ0) is 18.5. The van der Waals surface area contributed by atoms with Crippen molar-refractivity contribution >= 4 is 28.6 Å². The van der Waals surface area contributed by atoms with Crippen molar-refractivity contribution in [2.75, 3.05) is 6.54 Å². The van der Waals surface area contributed by atoms with Crippen LogP contribution in [0.3, 0.4) is 0 Å². The standard InChI is InChI=1S/C21H22FN3O/c1-14(2)11-12-23-21(26)16(13-15-7-3-4-8-17(15)22)20-24-18-9-5-6-10-19(18)25-20/h3-10,13-14H,11-12H2,1-2H3,(H,23,26)(H,24,25). The number of hydrogen-bond acceptors (Lipinski definition) is 2. The minimum atomic E-state index is -0.379. The molecule has 5 heteroatoms. The van der Waals surface area contributed by atoms with Gasteiger partial charge < -0.3 is 10.3 Å². The van der Waals surface area contributed by atoms with E-state index >= 15 is 0 Å². The number of imidazole rings is 1. The van der Waals surface area contributed by atoms with Gasteiger partial charge in [-0.3, -0.25) is 4.79 Å². The third kappa shape index (κ3) is 4.17. The summed E-state index contributed by atoms with van der Waals surface area (Å²) in [7, 11) is 0. The van der Waals surface area contributed by atoms with E-state index in [2.05, 4.69) is 29.1 Å². The molecular formula is C21H22FN3O. The van der Waals surface area contributed by atoms with E-state index in [4.69, 9.17) is 0 Å². The van der Waals surface area contributed by atoms with Crippen LogP contribution < -0.4 is 5.32 Å². The average Bonchev–Trinajstić information content (AvgIpc) is 3.04. The molecule has 1 amide bonds. The molecule has 4 nitrogen and oxygen atoms in total. The van der Waals surface area contributed by atoms with Crippen LogP contribution in [-0.2, 0) is 4.79 Å². The van der Waals surface area contributed by atoms with Crippen LogP contribution in [0.1, 0.15) is 31.7 Å². The Balaban J connectivity index is 1.98. The largest absolute Gasteiger partial charge is 0.352 e. The fraction of sp³-hybridized carbons (Fsp3) is 0.238. The lowest BCUT2D eigenvalue weighted by molar-refractivity contribution is -0.115. The Labute approximate surface area is 152 Å². The van der Waals surface area contributed by atoms with Crippen molar-refractivity contribution in [1.29, 1.82) is 0 Å². The second kappa shape index (κ2) is 7.95. The third-order valence-corrected chi connectivity index (χ3v) is 4.10. The van der Waals surface area contributed by atoms with Gasteiger partial charge in [0.1, 0.15) is 11.6 Å². The van der Waals surface area contributed by atoms with Gasteiger partial charge in [-0.1, -0.05) is 44.2 Å². The molecule has 1 aromatic heterocycles. The fourth-order valence-electron chi connectivity index (χ4n) is 2.64. The van der Waals surface area contributed by atoms with E-state index in [0.717, 1.165) is 17.5 Å². The number of halogens is 1. The van der Waals surface area contributed by atoms with E-state index < -0.39 is 0 Å². The van der Waals surface area contributed by atoms with Gasteiger partial charge in [-0.25, -0.2) is 9.37 Å². The van der Waals surface area contributed by atoms with Crippen molar-refractivity contribution < 1.29 is 9.18 Å². The number of para-hydroxylation sites is 2. The summed E-state index contributed by atoms with van der Waals surface area (Å²) in [6.07, 6.45) is 2.41. The van der Waals surface area contributed by atoms with Gasteiger partial charge in [0.25, 0.3) is 5.91 Å². The van der Waals surface area contributed by atoms with E-state index in [0.29, 0.717) is 29.4 Å². The van der Waals surface area contributed by atoms with Crippen molar-refractivity contribution in [3.63, 3.8) is 0 Å². The summed E-state index contributed by atoms with van der Waals surface area (Å²) < 4.78 is 14.1. The van der Waals surface area contributed by atoms with Crippen molar-refractivity contribution in [2.24, 2.45) is 5.92 Å². The molecule has 3 rings (SSSR count). The maximum atomic E-state index is 14.1. The first-order valence-corrected chi connectivity index (χ1v) is 8.74.